The van der Waals surface area contributed by atoms with Gasteiger partial charge in [0.2, 0.25) is 5.82 Å². The van der Waals surface area contributed by atoms with Crippen molar-refractivity contribution in [3.8, 4) is 22.5 Å². The lowest BCUT2D eigenvalue weighted by Crippen LogP contribution is -2.32. The maximum Gasteiger partial charge on any atom is 0.261 e. The number of hydroxylamine groups is 2. The minimum atomic E-state index is -0.215. The molecule has 7 rings (SSSR count). The highest BCUT2D eigenvalue weighted by Gasteiger charge is 2.47. The van der Waals surface area contributed by atoms with E-state index in [1.807, 2.05) is 54.1 Å². The molecule has 10 nitrogen and oxygen atoms in total. The fraction of sp³-hybridized carbons (Fsp3) is 0.353. The molecular formula is C34H35N7O3. The summed E-state index contributed by atoms with van der Waals surface area (Å²) < 4.78 is 1.81. The number of hydrogen-bond donors (Lipinski definition) is 1. The van der Waals surface area contributed by atoms with Crippen LogP contribution in [0.3, 0.4) is 0 Å². The molecule has 1 aliphatic heterocycles. The number of benzene rings is 3. The average molecular weight is 590 g/mol. The Bertz CT molecular complexity index is 1870. The molecule has 0 spiro atoms. The van der Waals surface area contributed by atoms with E-state index in [9.17, 15) is 9.59 Å². The first-order chi connectivity index (χ1) is 21.5. The Morgan fingerprint density at radius 1 is 1.02 bits per heavy atom. The summed E-state index contributed by atoms with van der Waals surface area (Å²) >= 11 is 0. The highest BCUT2D eigenvalue weighted by molar-refractivity contribution is 5.84. The lowest BCUT2D eigenvalue weighted by atomic mass is 9.79. The van der Waals surface area contributed by atoms with Crippen molar-refractivity contribution in [3.63, 3.8) is 0 Å². The second-order valence-corrected chi connectivity index (χ2v) is 11.8. The number of hydrogen-bond acceptors (Lipinski definition) is 8. The van der Waals surface area contributed by atoms with Crippen LogP contribution in [0.1, 0.15) is 62.0 Å². The fourth-order valence-corrected chi connectivity index (χ4v) is 6.79. The summed E-state index contributed by atoms with van der Waals surface area (Å²) in [5, 5.41) is 16.9. The van der Waals surface area contributed by atoms with Crippen molar-refractivity contribution in [2.24, 2.45) is 5.92 Å². The molecule has 0 amide bonds. The lowest BCUT2D eigenvalue weighted by molar-refractivity contribution is -0.149. The van der Waals surface area contributed by atoms with Gasteiger partial charge in [-0.1, -0.05) is 67.9 Å². The SMILES string of the molecule is CCCCc1nc2ccc(C3C4C(=O)CCCC4ON3C)cc2c(=O)n1Cc1ccc(-c2ccccc2-c2nn[nH]n2)cc1. The van der Waals surface area contributed by atoms with E-state index in [0.29, 0.717) is 29.7 Å². The Labute approximate surface area is 255 Å². The van der Waals surface area contributed by atoms with Crippen LogP contribution >= 0.6 is 0 Å². The monoisotopic (exact) mass is 589 g/mol. The summed E-state index contributed by atoms with van der Waals surface area (Å²) in [6.45, 7) is 2.55. The Morgan fingerprint density at radius 3 is 2.61 bits per heavy atom. The van der Waals surface area contributed by atoms with Crippen LogP contribution in [0.2, 0.25) is 0 Å². The molecule has 3 aromatic carbocycles. The molecule has 2 fully saturated rings. The number of aromatic amines is 1. The number of ketones is 1. The number of unbranched alkanes of at least 4 members (excludes halogenated alkanes) is 1. The number of carbonyl (C=O) groups excluding carboxylic acids is 1. The van der Waals surface area contributed by atoms with Gasteiger partial charge < -0.3 is 0 Å². The maximum atomic E-state index is 14.2. The molecule has 10 heteroatoms. The van der Waals surface area contributed by atoms with Gasteiger partial charge >= 0.3 is 0 Å². The Balaban J connectivity index is 1.24. The van der Waals surface area contributed by atoms with Crippen molar-refractivity contribution >= 4 is 16.7 Å². The predicted molar refractivity (Wildman–Crippen MR) is 166 cm³/mol. The number of H-pyrrole nitrogens is 1. The molecule has 1 saturated heterocycles. The average Bonchev–Trinajstić information content (AvgIpc) is 3.70. The van der Waals surface area contributed by atoms with E-state index >= 15 is 0 Å². The van der Waals surface area contributed by atoms with Crippen LogP contribution in [0.25, 0.3) is 33.4 Å². The van der Waals surface area contributed by atoms with Crippen molar-refractivity contribution in [1.29, 1.82) is 0 Å². The first-order valence-electron chi connectivity index (χ1n) is 15.4. The van der Waals surface area contributed by atoms with Gasteiger partial charge in [-0.05, 0) is 58.9 Å². The summed E-state index contributed by atoms with van der Waals surface area (Å²) in [7, 11) is 1.88. The number of tetrazole rings is 1. The first-order valence-corrected chi connectivity index (χ1v) is 15.4. The smallest absolute Gasteiger partial charge is 0.261 e. The summed E-state index contributed by atoms with van der Waals surface area (Å²) in [6.07, 6.45) is 4.89. The van der Waals surface area contributed by atoms with Crippen LogP contribution in [0.5, 0.6) is 0 Å². The van der Waals surface area contributed by atoms with Crippen molar-refractivity contribution < 1.29 is 9.63 Å². The van der Waals surface area contributed by atoms with E-state index in [-0.39, 0.29) is 29.4 Å². The van der Waals surface area contributed by atoms with Gasteiger partial charge in [-0.25, -0.2) is 4.98 Å². The minimum absolute atomic E-state index is 0.0671. The standard InChI is InChI=1S/C34H35N7O3/c1-3-4-12-30-35-27-18-17-23(32-31-28(42)10-7-11-29(31)44-40(32)2)19-26(27)34(43)41(30)20-21-13-15-22(16-14-21)24-8-5-6-9-25(24)33-36-38-39-37-33/h5-6,8-9,13-19,29,31-32H,3-4,7,10-12,20H2,1-2H3,(H,36,37,38,39). The third-order valence-electron chi connectivity index (χ3n) is 8.99. The zero-order valence-corrected chi connectivity index (χ0v) is 24.9. The van der Waals surface area contributed by atoms with Crippen molar-refractivity contribution in [2.45, 2.75) is 64.1 Å². The molecule has 3 unspecified atom stereocenters. The van der Waals surface area contributed by atoms with Gasteiger partial charge in [0.05, 0.1) is 35.5 Å². The molecule has 2 aromatic heterocycles. The molecule has 1 saturated carbocycles. The van der Waals surface area contributed by atoms with Gasteiger partial charge in [0, 0.05) is 25.5 Å². The maximum absolute atomic E-state index is 14.2. The quantitative estimate of drug-likeness (QED) is 0.259. The number of nitrogens with zero attached hydrogens (tertiary/aromatic N) is 6. The fourth-order valence-electron chi connectivity index (χ4n) is 6.79. The van der Waals surface area contributed by atoms with Gasteiger partial charge in [0.25, 0.3) is 5.56 Å². The minimum Gasteiger partial charge on any atom is -0.299 e. The van der Waals surface area contributed by atoms with Gasteiger partial charge in [0.15, 0.2) is 0 Å². The van der Waals surface area contributed by atoms with E-state index in [1.54, 1.807) is 5.06 Å². The summed E-state index contributed by atoms with van der Waals surface area (Å²) in [6, 6.07) is 21.8. The second kappa shape index (κ2) is 11.9. The normalized spacial score (nSPS) is 20.3. The topological polar surface area (TPSA) is 119 Å². The molecule has 0 radical (unpaired) electrons. The molecule has 1 aliphatic carbocycles. The molecule has 1 N–H and O–H groups in total. The van der Waals surface area contributed by atoms with Crippen molar-refractivity contribution in [3.05, 3.63) is 94.0 Å². The highest BCUT2D eigenvalue weighted by atomic mass is 16.7. The van der Waals surface area contributed by atoms with Crippen LogP contribution in [-0.4, -0.2) is 54.2 Å². The largest absolute Gasteiger partial charge is 0.299 e. The Morgan fingerprint density at radius 2 is 1.84 bits per heavy atom. The Kier molecular flexibility index (Phi) is 7.61. The van der Waals surface area contributed by atoms with Crippen molar-refractivity contribution in [1.82, 2.24) is 35.2 Å². The molecular weight excluding hydrogens is 554 g/mol. The van der Waals surface area contributed by atoms with E-state index in [0.717, 1.165) is 65.7 Å². The summed E-state index contributed by atoms with van der Waals surface area (Å²) in [5.41, 5.74) is 5.45. The number of aryl methyl sites for hydroxylation is 1. The molecule has 3 heterocycles. The Hall–Kier alpha value is -4.54. The van der Waals surface area contributed by atoms with Crippen LogP contribution in [0.15, 0.2) is 71.5 Å². The summed E-state index contributed by atoms with van der Waals surface area (Å²) in [5.74, 6) is 1.35. The van der Waals surface area contributed by atoms with Crippen LogP contribution in [-0.2, 0) is 22.6 Å². The summed E-state index contributed by atoms with van der Waals surface area (Å²) in [4.78, 5) is 38.2. The van der Waals surface area contributed by atoms with Gasteiger partial charge in [-0.2, -0.15) is 10.3 Å². The zero-order chi connectivity index (χ0) is 30.2. The molecule has 224 valence electrons. The first kappa shape index (κ1) is 28.2. The molecule has 3 atom stereocenters. The highest BCUT2D eigenvalue weighted by Crippen LogP contribution is 2.44. The number of carbonyl (C=O) groups is 1. The van der Waals surface area contributed by atoms with Gasteiger partial charge in [0.1, 0.15) is 11.6 Å². The van der Waals surface area contributed by atoms with Crippen LogP contribution in [0, 0.1) is 5.92 Å². The van der Waals surface area contributed by atoms with Crippen molar-refractivity contribution in [2.75, 3.05) is 7.05 Å². The molecule has 44 heavy (non-hydrogen) atoms. The molecule has 2 aliphatic rings. The molecule has 0 bridgehead atoms. The predicted octanol–water partition coefficient (Wildman–Crippen LogP) is 5.29. The third kappa shape index (κ3) is 5.14. The van der Waals surface area contributed by atoms with Gasteiger partial charge in [-0.3, -0.25) is 19.0 Å². The van der Waals surface area contributed by atoms with E-state index < -0.39 is 0 Å². The number of rotatable bonds is 8. The number of aromatic nitrogens is 6. The zero-order valence-electron chi connectivity index (χ0n) is 24.9. The lowest BCUT2D eigenvalue weighted by Gasteiger charge is -2.26. The number of nitrogens with one attached hydrogen (secondary N) is 1. The van der Waals surface area contributed by atoms with E-state index in [2.05, 4.69) is 51.8 Å². The number of fused-ring (bicyclic) bond motifs is 2. The van der Waals surface area contributed by atoms with Gasteiger partial charge in [-0.15, -0.1) is 10.2 Å². The van der Waals surface area contributed by atoms with Crippen LogP contribution in [0.4, 0.5) is 0 Å². The van der Waals surface area contributed by atoms with E-state index in [1.165, 1.54) is 0 Å². The molecule has 5 aromatic rings. The third-order valence-corrected chi connectivity index (χ3v) is 8.99. The second-order valence-electron chi connectivity index (χ2n) is 11.8. The van der Waals surface area contributed by atoms with E-state index in [4.69, 9.17) is 9.82 Å². The van der Waals surface area contributed by atoms with Crippen LogP contribution < -0.4 is 5.56 Å². The number of Topliss-reactive ketones (excluding diaryl/α,β-unsaturated/α-hetero) is 1.